The lowest BCUT2D eigenvalue weighted by Crippen LogP contribution is -2.49. The number of hydrogen-bond acceptors (Lipinski definition) is 9. The van der Waals surface area contributed by atoms with E-state index in [-0.39, 0.29) is 101 Å². The molecule has 0 aliphatic heterocycles. The molecule has 16 heteroatoms. The second-order valence-electron chi connectivity index (χ2n) is 50.5. The van der Waals surface area contributed by atoms with Crippen molar-refractivity contribution in [2.45, 2.75) is 446 Å². The van der Waals surface area contributed by atoms with E-state index in [2.05, 4.69) is 307 Å². The van der Waals surface area contributed by atoms with Gasteiger partial charge in [0.15, 0.2) is 49.9 Å². The van der Waals surface area contributed by atoms with Crippen LogP contribution >= 0.6 is 0 Å². The highest BCUT2D eigenvalue weighted by Crippen LogP contribution is 2.63. The summed E-state index contributed by atoms with van der Waals surface area (Å²) in [5.41, 5.74) is 12.9. The maximum atomic E-state index is 12.2. The van der Waals surface area contributed by atoms with Gasteiger partial charge in [0.2, 0.25) is 5.91 Å². The quantitative estimate of drug-likeness (QED) is 0.0594. The summed E-state index contributed by atoms with van der Waals surface area (Å²) >= 11 is 0. The molecule has 9 aliphatic rings. The molecule has 0 aromatic heterocycles. The lowest BCUT2D eigenvalue weighted by molar-refractivity contribution is -0.123. The summed E-state index contributed by atoms with van der Waals surface area (Å²) in [5, 5.41) is 0.957. The topological polar surface area (TPSA) is 110 Å². The zero-order chi connectivity index (χ0) is 92.7. The van der Waals surface area contributed by atoms with Gasteiger partial charge in [-0.05, 0) is 322 Å². The second-order valence-corrected chi connectivity index (χ2v) is 79.1. The molecule has 9 rings (SSSR count). The summed E-state index contributed by atoms with van der Waals surface area (Å²) in [6.07, 6.45) is 45.0. The number of rotatable bonds is 22. The van der Waals surface area contributed by atoms with E-state index in [4.69, 9.17) is 26.6 Å². The molecule has 0 saturated heterocycles. The van der Waals surface area contributed by atoms with E-state index in [0.29, 0.717) is 41.4 Å². The number of amides is 1. The summed E-state index contributed by atoms with van der Waals surface area (Å²) in [6.45, 7) is 98.1. The fraction of sp³-hybridized carbons (Fsp3) is 0.783. The Morgan fingerprint density at radius 1 is 0.377 bits per heavy atom. The van der Waals surface area contributed by atoms with Crippen molar-refractivity contribution in [3.05, 3.63) is 119 Å². The molecular weight excluding hydrogens is 1600 g/mol. The molecule has 0 aromatic carbocycles. The molecule has 0 heterocycles. The van der Waals surface area contributed by atoms with Crippen LogP contribution in [0, 0.1) is 69.5 Å². The molecule has 694 valence electrons. The molecule has 0 aromatic rings. The van der Waals surface area contributed by atoms with Crippen molar-refractivity contribution in [2.75, 3.05) is 14.1 Å². The van der Waals surface area contributed by atoms with Gasteiger partial charge < -0.3 is 41.0 Å². The minimum Gasteiger partial charge on any atom is -0.413 e. The number of carbonyl (C=O) groups is 3. The average molecular weight is 1790 g/mol. The number of aldehydes is 2. The third-order valence-corrected chi connectivity index (χ3v) is 62.7. The Morgan fingerprint density at radius 3 is 0.828 bits per heavy atom. The van der Waals surface area contributed by atoms with E-state index in [9.17, 15) is 14.4 Å². The minimum absolute atomic E-state index is 0.00838. The molecule has 10 nitrogen and oxygen atoms in total. The fourth-order valence-electron chi connectivity index (χ4n) is 21.4. The van der Waals surface area contributed by atoms with Gasteiger partial charge in [0.25, 0.3) is 0 Å². The summed E-state index contributed by atoms with van der Waals surface area (Å²) < 4.78 is 42.2. The molecule has 0 N–H and O–H groups in total. The van der Waals surface area contributed by atoms with E-state index in [0.717, 1.165) is 55.2 Å². The van der Waals surface area contributed by atoms with E-state index < -0.39 is 49.9 Å². The largest absolute Gasteiger partial charge is 0.413 e. The highest BCUT2D eigenvalue weighted by molar-refractivity contribution is 6.76. The van der Waals surface area contributed by atoms with E-state index >= 15 is 0 Å². The Labute approximate surface area is 757 Å². The smallest absolute Gasteiger partial charge is 0.245 e. The second kappa shape index (κ2) is 39.8. The van der Waals surface area contributed by atoms with E-state index in [1.54, 1.807) is 27.7 Å². The Hall–Kier alpha value is -2.73. The third kappa shape index (κ3) is 24.7. The van der Waals surface area contributed by atoms with Crippen molar-refractivity contribution in [3.8, 4) is 0 Å². The van der Waals surface area contributed by atoms with E-state index in [1.165, 1.54) is 126 Å². The maximum Gasteiger partial charge on any atom is 0.245 e. The van der Waals surface area contributed by atoms with Crippen LogP contribution in [0.3, 0.4) is 0 Å². The van der Waals surface area contributed by atoms with Gasteiger partial charge >= 0.3 is 0 Å². The maximum absolute atomic E-state index is 12.2. The molecule has 122 heavy (non-hydrogen) atoms. The van der Waals surface area contributed by atoms with E-state index in [1.807, 2.05) is 14.1 Å². The summed E-state index contributed by atoms with van der Waals surface area (Å²) in [7, 11) is -8.06. The van der Waals surface area contributed by atoms with Crippen molar-refractivity contribution >= 4 is 68.4 Å². The average Bonchev–Trinajstić information content (AvgIpc) is 1.59. The van der Waals surface area contributed by atoms with Crippen LogP contribution in [0.1, 0.15) is 301 Å². The predicted octanol–water partition coefficient (Wildman–Crippen LogP) is 30.5. The first-order chi connectivity index (χ1) is 55.5. The van der Waals surface area contributed by atoms with Crippen molar-refractivity contribution in [2.24, 2.45) is 69.5 Å². The number of hydrogen-bond donors (Lipinski definition) is 0. The number of fused-ring (bicyclic) bond motifs is 3. The van der Waals surface area contributed by atoms with Crippen molar-refractivity contribution < 1.29 is 40.9 Å². The highest BCUT2D eigenvalue weighted by atomic mass is 28.4. The Kier molecular flexibility index (Phi) is 34.6. The molecule has 9 fully saturated rings. The third-order valence-electron chi connectivity index (χ3n) is 35.6. The first kappa shape index (κ1) is 106. The molecular formula is C106H187NO9Si6. The number of nitrogens with zero attached hydrogens (tertiary/aromatic N) is 1. The van der Waals surface area contributed by atoms with Crippen molar-refractivity contribution in [1.82, 2.24) is 4.90 Å². The molecule has 0 unspecified atom stereocenters. The van der Waals surface area contributed by atoms with Crippen LogP contribution in [0.5, 0.6) is 0 Å². The Balaban J connectivity index is 0.000000252. The first-order valence-electron chi connectivity index (χ1n) is 48.6. The van der Waals surface area contributed by atoms with Crippen molar-refractivity contribution in [3.63, 3.8) is 0 Å². The van der Waals surface area contributed by atoms with Crippen LogP contribution in [0.4, 0.5) is 0 Å². The molecule has 0 radical (unpaired) electrons. The number of carbonyl (C=O) groups excluding carboxylic acids is 3. The standard InChI is InChI=1S/C38H67NO3Si2.2C34H60O3Si2/c1-27(18-23-35(40)39(10)11)32-21-22-33-29(17-16-24-38(32,33)9)19-20-30-25-31(41-43(12,13)36(3,4)5)26-34(28(30)2)42-44(14,15)37(6,7)8;2*1-24(23-35)29-18-19-30-26(15-14-20-34(29,30)9)16-17-27-21-28(36-38(10,11)32(3,4)5)22-31(25(27)2)37-39(12,13)33(6,7)8/h18-20,23,27,31-34H,2,16-17,21-22,24-26H2,1,3-15H3;2*16-17,23-24,28-31H,2,14-15,18-22H2,1,3-13H3/b23-18+,29-19+,30-20-;26-16+,27-17+;26-16+,27-17-/t27-,31+,32+,33-,34-,38+;2*24-,28+,29+,30-,31-,34+/m000/s1. The zero-order valence-electron chi connectivity index (χ0n) is 86.0. The summed E-state index contributed by atoms with van der Waals surface area (Å²) in [6, 6.07) is 0. The molecule has 1 amide bonds. The van der Waals surface area contributed by atoms with Crippen LogP contribution in [0.2, 0.25) is 109 Å². The predicted molar refractivity (Wildman–Crippen MR) is 538 cm³/mol. The van der Waals surface area contributed by atoms with Gasteiger partial charge in [0.1, 0.15) is 12.6 Å². The van der Waals surface area contributed by atoms with Gasteiger partial charge in [-0.25, -0.2) is 0 Å². The van der Waals surface area contributed by atoms with Crippen LogP contribution in [0.25, 0.3) is 0 Å². The van der Waals surface area contributed by atoms with Crippen LogP contribution in [0.15, 0.2) is 119 Å². The Bertz CT molecular complexity index is 3730. The monoisotopic (exact) mass is 1790 g/mol. The lowest BCUT2D eigenvalue weighted by Gasteiger charge is -2.45. The van der Waals surface area contributed by atoms with Crippen LogP contribution in [-0.4, -0.2) is 124 Å². The molecule has 9 aliphatic carbocycles. The van der Waals surface area contributed by atoms with Gasteiger partial charge in [-0.15, -0.1) is 0 Å². The lowest BCUT2D eigenvalue weighted by atomic mass is 9.61. The zero-order valence-corrected chi connectivity index (χ0v) is 92.0. The first-order valence-corrected chi connectivity index (χ1v) is 66.0. The fourth-order valence-corrected chi connectivity index (χ4v) is 29.4. The molecule has 18 atom stereocenters. The highest BCUT2D eigenvalue weighted by Gasteiger charge is 2.56. The van der Waals surface area contributed by atoms with Crippen LogP contribution in [-0.2, 0) is 40.9 Å². The molecule has 0 bridgehead atoms. The summed E-state index contributed by atoms with van der Waals surface area (Å²) in [5.74, 6) is 4.17. The van der Waals surface area contributed by atoms with Gasteiger partial charge in [-0.2, -0.15) is 0 Å². The van der Waals surface area contributed by atoms with Crippen molar-refractivity contribution in [1.29, 1.82) is 0 Å². The molecule has 9 saturated carbocycles. The van der Waals surface area contributed by atoms with Gasteiger partial charge in [0, 0.05) is 45.2 Å². The number of allylic oxidation sites excluding steroid dienone is 10. The molecule has 0 spiro atoms. The minimum atomic E-state index is -1.99. The SMILES string of the molecule is C=C1/C(=C/C=C2\CCC[C@]3(C)[C@@H]([C@@H](C)C=O)CC[C@@H]23)C[C@@H](O[Si](C)(C)C(C)(C)C)C[C@@H]1O[Si](C)(C)C(C)(C)C.C=C1/C(=C\C=C2/CCC[C@]3(C)[C@@H]([C@@H](C)/C=C/C(=O)N(C)C)CC[C@@H]23)C[C@@H](O[Si](C)(C)C(C)(C)C)C[C@@H]1O[Si](C)(C)C(C)(C)C.C=C1/C(=C\C=C2/CCC[C@]3(C)[C@@H]([C@@H](C)C=O)CC[C@@H]23)C[C@@H](O[Si](C)(C)C(C)(C)C)C[C@@H]1O[Si](C)(C)C(C)(C)C. The van der Waals surface area contributed by atoms with Crippen LogP contribution < -0.4 is 0 Å². The number of likely N-dealkylation sites (N-methyl/N-ethyl adjacent to an activating group) is 1. The summed E-state index contributed by atoms with van der Waals surface area (Å²) in [4.78, 5) is 37.3. The van der Waals surface area contributed by atoms with Gasteiger partial charge in [-0.3, -0.25) is 4.79 Å². The van der Waals surface area contributed by atoms with Gasteiger partial charge in [0.05, 0.1) is 36.6 Å². The van der Waals surface area contributed by atoms with Gasteiger partial charge in [-0.1, -0.05) is 245 Å². The normalized spacial score (nSPS) is 33.0. The Morgan fingerprint density at radius 2 is 0.607 bits per heavy atom.